The van der Waals surface area contributed by atoms with Gasteiger partial charge in [0.25, 0.3) is 5.91 Å². The van der Waals surface area contributed by atoms with Gasteiger partial charge in [0, 0.05) is 11.3 Å². The van der Waals surface area contributed by atoms with E-state index in [2.05, 4.69) is 45.9 Å². The molecule has 0 saturated carbocycles. The maximum atomic E-state index is 12.7. The number of nitrogens with one attached hydrogen (secondary N) is 3. The van der Waals surface area contributed by atoms with Gasteiger partial charge < -0.3 is 34.3 Å². The topological polar surface area (TPSA) is 146 Å². The van der Waals surface area contributed by atoms with E-state index >= 15 is 0 Å². The first kappa shape index (κ1) is 36.0. The minimum Gasteiger partial charge on any atom is -0.493 e. The molecule has 5 rings (SSSR count). The molecule has 4 aromatic rings. The number of allylic oxidation sites excluding steroid dienone is 2. The number of urea groups is 1. The summed E-state index contributed by atoms with van der Waals surface area (Å²) in [6, 6.07) is 21.6. The Morgan fingerprint density at radius 3 is 2.49 bits per heavy atom. The van der Waals surface area contributed by atoms with Crippen molar-refractivity contribution in [3.63, 3.8) is 0 Å². The molecular weight excluding hydrogens is 652 g/mol. The van der Waals surface area contributed by atoms with Crippen molar-refractivity contribution in [1.29, 1.82) is 0 Å². The van der Waals surface area contributed by atoms with Gasteiger partial charge in [0.05, 0.1) is 38.7 Å². The Balaban J connectivity index is 1.24. The lowest BCUT2D eigenvalue weighted by Gasteiger charge is -2.28. The molecular formula is C39H40N4O8. The van der Waals surface area contributed by atoms with Crippen molar-refractivity contribution in [2.24, 2.45) is 5.10 Å². The Kier molecular flexibility index (Phi) is 11.9. The molecule has 0 aliphatic carbocycles. The summed E-state index contributed by atoms with van der Waals surface area (Å²) in [5.74, 6) is 0.620. The Hall–Kier alpha value is -6.30. The third-order valence-electron chi connectivity index (χ3n) is 8.04. The SMILES string of the molecule is C=CCc1cc(/C=N\NC(=O)COc2ccc([C@H]3NC(=O)NC(C)=C3C(=O)OCC)cc2OC)cc(OC)c1OCc1cccc2ccccc12. The van der Waals surface area contributed by atoms with Crippen LogP contribution in [0.25, 0.3) is 10.8 Å². The lowest BCUT2D eigenvalue weighted by molar-refractivity contribution is -0.139. The first-order valence-corrected chi connectivity index (χ1v) is 16.3. The fourth-order valence-electron chi connectivity index (χ4n) is 5.71. The normalized spacial score (nSPS) is 14.0. The minimum atomic E-state index is -0.783. The van der Waals surface area contributed by atoms with Gasteiger partial charge in [0.15, 0.2) is 29.6 Å². The summed E-state index contributed by atoms with van der Waals surface area (Å²) < 4.78 is 28.4. The molecule has 0 unspecified atom stereocenters. The summed E-state index contributed by atoms with van der Waals surface area (Å²) in [6.45, 7) is 7.37. The van der Waals surface area contributed by atoms with Gasteiger partial charge in [0.1, 0.15) is 6.61 Å². The van der Waals surface area contributed by atoms with E-state index in [0.29, 0.717) is 47.1 Å². The summed E-state index contributed by atoms with van der Waals surface area (Å²) in [7, 11) is 3.01. The van der Waals surface area contributed by atoms with Crippen molar-refractivity contribution in [2.45, 2.75) is 32.9 Å². The average molecular weight is 693 g/mol. The predicted octanol–water partition coefficient (Wildman–Crippen LogP) is 5.88. The highest BCUT2D eigenvalue weighted by molar-refractivity contribution is 5.95. The zero-order chi connectivity index (χ0) is 36.3. The molecule has 51 heavy (non-hydrogen) atoms. The van der Waals surface area contributed by atoms with Crippen LogP contribution < -0.4 is 35.0 Å². The van der Waals surface area contributed by atoms with E-state index in [-0.39, 0.29) is 24.5 Å². The van der Waals surface area contributed by atoms with Crippen molar-refractivity contribution in [2.75, 3.05) is 27.4 Å². The maximum absolute atomic E-state index is 12.7. The van der Waals surface area contributed by atoms with Crippen LogP contribution in [0, 0.1) is 0 Å². The van der Waals surface area contributed by atoms with Crippen molar-refractivity contribution >= 4 is 34.9 Å². The van der Waals surface area contributed by atoms with Crippen LogP contribution in [0.1, 0.15) is 42.1 Å². The number of nitrogens with zero attached hydrogens (tertiary/aromatic N) is 1. The van der Waals surface area contributed by atoms with Crippen molar-refractivity contribution < 1.29 is 38.1 Å². The highest BCUT2D eigenvalue weighted by Gasteiger charge is 2.32. The van der Waals surface area contributed by atoms with E-state index in [4.69, 9.17) is 23.7 Å². The molecule has 3 amide bonds. The third-order valence-corrected chi connectivity index (χ3v) is 8.04. The second-order valence-corrected chi connectivity index (χ2v) is 11.4. The second kappa shape index (κ2) is 16.9. The van der Waals surface area contributed by atoms with Crippen molar-refractivity contribution in [1.82, 2.24) is 16.1 Å². The summed E-state index contributed by atoms with van der Waals surface area (Å²) in [5.41, 5.74) is 6.25. The lowest BCUT2D eigenvalue weighted by Crippen LogP contribution is -2.45. The van der Waals surface area contributed by atoms with Gasteiger partial charge in [-0.3, -0.25) is 4.79 Å². The van der Waals surface area contributed by atoms with Crippen LogP contribution in [0.3, 0.4) is 0 Å². The van der Waals surface area contributed by atoms with Gasteiger partial charge in [-0.05, 0) is 72.0 Å². The molecule has 1 atom stereocenters. The minimum absolute atomic E-state index is 0.178. The Labute approximate surface area is 296 Å². The van der Waals surface area contributed by atoms with Gasteiger partial charge >= 0.3 is 12.0 Å². The van der Waals surface area contributed by atoms with Crippen LogP contribution in [-0.4, -0.2) is 51.6 Å². The highest BCUT2D eigenvalue weighted by atomic mass is 16.5. The Morgan fingerprint density at radius 1 is 0.941 bits per heavy atom. The van der Waals surface area contributed by atoms with Gasteiger partial charge in [0.2, 0.25) is 0 Å². The number of esters is 1. The summed E-state index contributed by atoms with van der Waals surface area (Å²) in [6.07, 6.45) is 3.80. The van der Waals surface area contributed by atoms with Crippen LogP contribution in [-0.2, 0) is 27.4 Å². The number of benzene rings is 4. The number of fused-ring (bicyclic) bond motifs is 1. The monoisotopic (exact) mass is 692 g/mol. The number of ether oxygens (including phenoxy) is 5. The molecule has 1 heterocycles. The molecule has 0 spiro atoms. The first-order valence-electron chi connectivity index (χ1n) is 16.3. The molecule has 0 radical (unpaired) electrons. The van der Waals surface area contributed by atoms with E-state index in [1.807, 2.05) is 30.3 Å². The summed E-state index contributed by atoms with van der Waals surface area (Å²) in [5, 5.41) is 11.7. The number of amides is 3. The second-order valence-electron chi connectivity index (χ2n) is 11.4. The number of methoxy groups -OCH3 is 2. The van der Waals surface area contributed by atoms with E-state index in [1.165, 1.54) is 13.3 Å². The molecule has 0 saturated heterocycles. The fourth-order valence-corrected chi connectivity index (χ4v) is 5.71. The number of hydrogen-bond donors (Lipinski definition) is 3. The van der Waals surface area contributed by atoms with Gasteiger partial charge in [-0.15, -0.1) is 6.58 Å². The predicted molar refractivity (Wildman–Crippen MR) is 193 cm³/mol. The Morgan fingerprint density at radius 2 is 1.73 bits per heavy atom. The Bertz CT molecular complexity index is 2000. The van der Waals surface area contributed by atoms with E-state index in [9.17, 15) is 14.4 Å². The number of hydrazone groups is 1. The van der Waals surface area contributed by atoms with Gasteiger partial charge in [-0.1, -0.05) is 54.6 Å². The fraction of sp³-hybridized carbons (Fsp3) is 0.231. The molecule has 12 nitrogen and oxygen atoms in total. The molecule has 0 aromatic heterocycles. The molecule has 1 aliphatic heterocycles. The quantitative estimate of drug-likeness (QED) is 0.0606. The number of hydrogen-bond acceptors (Lipinski definition) is 9. The van der Waals surface area contributed by atoms with Crippen LogP contribution in [0.2, 0.25) is 0 Å². The number of rotatable bonds is 15. The molecule has 0 bridgehead atoms. The molecule has 4 aromatic carbocycles. The van der Waals surface area contributed by atoms with Crippen molar-refractivity contribution in [3.05, 3.63) is 119 Å². The molecule has 3 N–H and O–H groups in total. The molecule has 264 valence electrons. The van der Waals surface area contributed by atoms with Crippen LogP contribution in [0.5, 0.6) is 23.0 Å². The number of carbonyl (C=O) groups is 3. The first-order chi connectivity index (χ1) is 24.8. The summed E-state index contributed by atoms with van der Waals surface area (Å²) in [4.78, 5) is 37.6. The zero-order valence-corrected chi connectivity index (χ0v) is 28.9. The van der Waals surface area contributed by atoms with Gasteiger partial charge in [-0.25, -0.2) is 15.0 Å². The average Bonchev–Trinajstić information content (AvgIpc) is 3.13. The standard InChI is InChI=1S/C39H40N4O8/c1-6-11-28-18-25(19-33(48-5)37(28)51-22-29-14-10-13-26-12-8-9-15-30(26)29)21-40-43-34(44)23-50-31-17-16-27(20-32(31)47-4)36-35(38(45)49-7-2)24(3)41-39(46)42-36/h6,8-10,12-21,36H,1,7,11,22-23H2,2-5H3,(H,43,44)(H2,41,42,46)/b40-21-/t36-/m1/s1. The lowest BCUT2D eigenvalue weighted by atomic mass is 9.95. The highest BCUT2D eigenvalue weighted by Crippen LogP contribution is 2.36. The van der Waals surface area contributed by atoms with Gasteiger partial charge in [-0.2, -0.15) is 5.10 Å². The molecule has 1 aliphatic rings. The van der Waals surface area contributed by atoms with E-state index in [1.54, 1.807) is 51.3 Å². The number of carbonyl (C=O) groups excluding carboxylic acids is 3. The van der Waals surface area contributed by atoms with E-state index < -0.39 is 23.9 Å². The zero-order valence-electron chi connectivity index (χ0n) is 28.9. The van der Waals surface area contributed by atoms with Crippen molar-refractivity contribution in [3.8, 4) is 23.0 Å². The smallest absolute Gasteiger partial charge is 0.338 e. The molecule has 12 heteroatoms. The maximum Gasteiger partial charge on any atom is 0.338 e. The van der Waals surface area contributed by atoms with E-state index in [0.717, 1.165) is 21.9 Å². The third kappa shape index (κ3) is 8.66. The summed E-state index contributed by atoms with van der Waals surface area (Å²) >= 11 is 0. The largest absolute Gasteiger partial charge is 0.493 e. The van der Waals surface area contributed by atoms with Crippen LogP contribution in [0.4, 0.5) is 4.79 Å². The van der Waals surface area contributed by atoms with Crippen LogP contribution in [0.15, 0.2) is 102 Å². The molecule has 0 fully saturated rings. The van der Waals surface area contributed by atoms with Crippen LogP contribution >= 0.6 is 0 Å².